The average Bonchev–Trinajstić information content (AvgIpc) is 3.38. The van der Waals surface area contributed by atoms with E-state index in [0.29, 0.717) is 37.6 Å². The molecule has 1 unspecified atom stereocenters. The van der Waals surface area contributed by atoms with E-state index in [1.807, 2.05) is 37.8 Å². The molecule has 0 radical (unpaired) electrons. The van der Waals surface area contributed by atoms with Gasteiger partial charge in [0.05, 0.1) is 24.1 Å². The summed E-state index contributed by atoms with van der Waals surface area (Å²) in [4.78, 5) is 36.1. The monoisotopic (exact) mass is 538 g/mol. The molecule has 1 atom stereocenters. The van der Waals surface area contributed by atoms with Gasteiger partial charge in [0.1, 0.15) is 17.2 Å². The van der Waals surface area contributed by atoms with Crippen LogP contribution in [0.5, 0.6) is 0 Å². The number of amides is 2. The number of furan rings is 1. The van der Waals surface area contributed by atoms with Crippen LogP contribution in [0.1, 0.15) is 102 Å². The number of aromatic nitrogens is 1. The van der Waals surface area contributed by atoms with E-state index in [9.17, 15) is 9.59 Å². The van der Waals surface area contributed by atoms with Crippen LogP contribution in [0.4, 0.5) is 10.6 Å². The number of anilines is 1. The third-order valence-electron chi connectivity index (χ3n) is 7.54. The van der Waals surface area contributed by atoms with Gasteiger partial charge in [-0.05, 0) is 82.6 Å². The normalized spacial score (nSPS) is 19.0. The van der Waals surface area contributed by atoms with Gasteiger partial charge >= 0.3 is 6.09 Å². The number of piperidine rings is 1. The third kappa shape index (κ3) is 7.14. The first-order valence-corrected chi connectivity index (χ1v) is 14.4. The number of carbonyl (C=O) groups is 2. The average molecular weight is 539 g/mol. The van der Waals surface area contributed by atoms with E-state index in [0.717, 1.165) is 49.1 Å². The molecule has 3 heterocycles. The molecular formula is C31H46N4O4. The Morgan fingerprint density at radius 3 is 2.72 bits per heavy atom. The minimum Gasteiger partial charge on any atom is -0.467 e. The fourth-order valence-electron chi connectivity index (χ4n) is 5.70. The summed E-state index contributed by atoms with van der Waals surface area (Å²) in [5.74, 6) is 1.61. The number of carbonyl (C=O) groups excluding carboxylic acids is 2. The first-order valence-electron chi connectivity index (χ1n) is 14.4. The summed E-state index contributed by atoms with van der Waals surface area (Å²) in [6.45, 7) is 16.5. The van der Waals surface area contributed by atoms with Crippen LogP contribution in [-0.4, -0.2) is 58.1 Å². The van der Waals surface area contributed by atoms with Gasteiger partial charge in [0.2, 0.25) is 0 Å². The topological polar surface area (TPSA) is 87.9 Å². The van der Waals surface area contributed by atoms with Crippen molar-refractivity contribution in [3.05, 3.63) is 47.0 Å². The molecule has 1 fully saturated rings. The number of likely N-dealkylation sites (tertiary alicyclic amines) is 1. The molecule has 214 valence electrons. The third-order valence-corrected chi connectivity index (χ3v) is 7.54. The minimum atomic E-state index is -0.561. The lowest BCUT2D eigenvalue weighted by Crippen LogP contribution is -2.53. The molecule has 1 aliphatic heterocycles. The molecule has 8 heteroatoms. The number of ether oxygens (including phenoxy) is 1. The summed E-state index contributed by atoms with van der Waals surface area (Å²) < 4.78 is 11.2. The summed E-state index contributed by atoms with van der Waals surface area (Å²) in [6.07, 6.45) is 6.07. The van der Waals surface area contributed by atoms with Crippen molar-refractivity contribution in [1.29, 1.82) is 0 Å². The zero-order valence-electron chi connectivity index (χ0n) is 24.8. The van der Waals surface area contributed by atoms with Crippen molar-refractivity contribution in [3.8, 4) is 0 Å². The maximum atomic E-state index is 14.4. The van der Waals surface area contributed by atoms with Crippen LogP contribution < -0.4 is 5.32 Å². The molecule has 2 aromatic rings. The first kappa shape index (κ1) is 29.0. The molecule has 1 N–H and O–H groups in total. The quantitative estimate of drug-likeness (QED) is 0.439. The van der Waals surface area contributed by atoms with Crippen LogP contribution in [0.3, 0.4) is 0 Å². The van der Waals surface area contributed by atoms with Gasteiger partial charge in [-0.15, -0.1) is 0 Å². The van der Waals surface area contributed by atoms with E-state index in [1.165, 1.54) is 0 Å². The molecular weight excluding hydrogens is 492 g/mol. The van der Waals surface area contributed by atoms with Crippen molar-refractivity contribution in [3.63, 3.8) is 0 Å². The van der Waals surface area contributed by atoms with E-state index in [1.54, 1.807) is 11.2 Å². The Labute approximate surface area is 233 Å². The molecule has 0 saturated carbocycles. The van der Waals surface area contributed by atoms with E-state index >= 15 is 0 Å². The number of aryl methyl sites for hydroxylation is 1. The molecule has 0 aromatic carbocycles. The van der Waals surface area contributed by atoms with E-state index in [4.69, 9.17) is 14.1 Å². The van der Waals surface area contributed by atoms with Gasteiger partial charge in [-0.2, -0.15) is 0 Å². The zero-order valence-corrected chi connectivity index (χ0v) is 24.8. The van der Waals surface area contributed by atoms with Crippen molar-refractivity contribution in [1.82, 2.24) is 14.8 Å². The number of fused-ring (bicyclic) bond motifs is 1. The van der Waals surface area contributed by atoms with E-state index in [2.05, 4.69) is 39.1 Å². The van der Waals surface area contributed by atoms with Crippen molar-refractivity contribution >= 4 is 17.8 Å². The molecule has 4 rings (SSSR count). The summed E-state index contributed by atoms with van der Waals surface area (Å²) in [5.41, 5.74) is 2.20. The number of hydrogen-bond acceptors (Lipinski definition) is 6. The molecule has 2 aliphatic rings. The van der Waals surface area contributed by atoms with Gasteiger partial charge in [0, 0.05) is 31.1 Å². The van der Waals surface area contributed by atoms with Gasteiger partial charge in [0.25, 0.3) is 5.91 Å². The largest absolute Gasteiger partial charge is 0.467 e. The highest BCUT2D eigenvalue weighted by Crippen LogP contribution is 2.38. The number of rotatable bonds is 7. The first-order chi connectivity index (χ1) is 18.3. The molecule has 1 aliphatic carbocycles. The maximum absolute atomic E-state index is 14.4. The number of pyridine rings is 1. The Hall–Kier alpha value is -3.03. The lowest BCUT2D eigenvalue weighted by molar-refractivity contribution is 0.00946. The van der Waals surface area contributed by atoms with E-state index in [-0.39, 0.29) is 29.4 Å². The van der Waals surface area contributed by atoms with Crippen LogP contribution in [-0.2, 0) is 23.1 Å². The predicted octanol–water partition coefficient (Wildman–Crippen LogP) is 6.40. The van der Waals surface area contributed by atoms with Crippen LogP contribution in [0.2, 0.25) is 0 Å². The number of nitrogens with one attached hydrogen (secondary N) is 1. The highest BCUT2D eigenvalue weighted by Gasteiger charge is 2.36. The second-order valence-corrected chi connectivity index (χ2v) is 13.1. The fraction of sp³-hybridized carbons (Fsp3) is 0.645. The Morgan fingerprint density at radius 1 is 1.28 bits per heavy atom. The molecule has 0 bridgehead atoms. The molecule has 1 saturated heterocycles. The van der Waals surface area contributed by atoms with Gasteiger partial charge in [-0.1, -0.05) is 27.7 Å². The SMILES string of the molecule is CC(C)CN(C(=O)c1cc2c(nc1NCc1ccco1)C(C)(C)CCC2)C1CCCN(C(=O)OC(C)(C)C)C1. The summed E-state index contributed by atoms with van der Waals surface area (Å²) in [7, 11) is 0. The molecule has 2 amide bonds. The van der Waals surface area contributed by atoms with Crippen LogP contribution in [0, 0.1) is 5.92 Å². The van der Waals surface area contributed by atoms with Crippen LogP contribution in [0.25, 0.3) is 0 Å². The highest BCUT2D eigenvalue weighted by molar-refractivity contribution is 5.99. The van der Waals surface area contributed by atoms with Gasteiger partial charge in [-0.3, -0.25) is 4.79 Å². The Balaban J connectivity index is 1.66. The van der Waals surface area contributed by atoms with Crippen molar-refractivity contribution in [2.75, 3.05) is 25.0 Å². The second-order valence-electron chi connectivity index (χ2n) is 13.1. The van der Waals surface area contributed by atoms with Crippen LogP contribution in [0.15, 0.2) is 28.9 Å². The second kappa shape index (κ2) is 11.6. The fourth-order valence-corrected chi connectivity index (χ4v) is 5.70. The van der Waals surface area contributed by atoms with Crippen molar-refractivity contribution in [2.24, 2.45) is 5.92 Å². The Morgan fingerprint density at radius 2 is 2.05 bits per heavy atom. The summed E-state index contributed by atoms with van der Waals surface area (Å²) >= 11 is 0. The number of hydrogen-bond donors (Lipinski definition) is 1. The van der Waals surface area contributed by atoms with Crippen molar-refractivity contribution in [2.45, 2.75) is 104 Å². The van der Waals surface area contributed by atoms with Crippen molar-refractivity contribution < 1.29 is 18.7 Å². The molecule has 2 aromatic heterocycles. The number of nitrogens with zero attached hydrogens (tertiary/aromatic N) is 3. The van der Waals surface area contributed by atoms with E-state index < -0.39 is 5.60 Å². The molecule has 0 spiro atoms. The molecule has 39 heavy (non-hydrogen) atoms. The summed E-state index contributed by atoms with van der Waals surface area (Å²) in [5, 5.41) is 3.41. The van der Waals surface area contributed by atoms with Gasteiger partial charge in [0.15, 0.2) is 0 Å². The lowest BCUT2D eigenvalue weighted by atomic mass is 9.75. The minimum absolute atomic E-state index is 0.0413. The predicted molar refractivity (Wildman–Crippen MR) is 153 cm³/mol. The van der Waals surface area contributed by atoms with Crippen LogP contribution >= 0.6 is 0 Å². The zero-order chi connectivity index (χ0) is 28.4. The summed E-state index contributed by atoms with van der Waals surface area (Å²) in [6, 6.07) is 5.75. The molecule has 8 nitrogen and oxygen atoms in total. The Bertz CT molecular complexity index is 1150. The smallest absolute Gasteiger partial charge is 0.410 e. The Kier molecular flexibility index (Phi) is 8.62. The maximum Gasteiger partial charge on any atom is 0.410 e. The van der Waals surface area contributed by atoms with Gasteiger partial charge < -0.3 is 24.3 Å². The lowest BCUT2D eigenvalue weighted by Gasteiger charge is -2.40. The highest BCUT2D eigenvalue weighted by atomic mass is 16.6. The standard InChI is InChI=1S/C31H46N4O4/c1-21(2)19-35(23-12-9-15-34(20-23)29(37)39-30(3,4)5)28(36)25-17-22-11-8-14-31(6,7)26(22)33-27(25)32-18-24-13-10-16-38-24/h10,13,16-17,21,23H,8-9,11-12,14-15,18-20H2,1-7H3,(H,32,33). The van der Waals surface area contributed by atoms with Gasteiger partial charge in [-0.25, -0.2) is 9.78 Å².